The van der Waals surface area contributed by atoms with Crippen molar-refractivity contribution in [1.82, 2.24) is 4.90 Å². The van der Waals surface area contributed by atoms with Crippen LogP contribution in [-0.4, -0.2) is 39.6 Å². The molecule has 1 aromatic rings. The van der Waals surface area contributed by atoms with Gasteiger partial charge in [-0.2, -0.15) is 0 Å². The smallest absolute Gasteiger partial charge is 0.410 e. The van der Waals surface area contributed by atoms with Crippen molar-refractivity contribution in [2.45, 2.75) is 57.6 Å². The minimum absolute atomic E-state index is 0.172. The van der Waals surface area contributed by atoms with Gasteiger partial charge in [0.25, 0.3) is 0 Å². The Kier molecular flexibility index (Phi) is 4.60. The lowest BCUT2D eigenvalue weighted by atomic mass is 9.89. The summed E-state index contributed by atoms with van der Waals surface area (Å²) in [4.78, 5) is 14.5. The van der Waals surface area contributed by atoms with Crippen LogP contribution in [-0.2, 0) is 22.1 Å². The lowest BCUT2D eigenvalue weighted by molar-refractivity contribution is 0.00833. The Morgan fingerprint density at radius 3 is 2.79 bits per heavy atom. The summed E-state index contributed by atoms with van der Waals surface area (Å²) in [6.45, 7) is 6.46. The average molecular weight is 350 g/mol. The Morgan fingerprint density at radius 1 is 1.38 bits per heavy atom. The monoisotopic (exact) mass is 350 g/mol. The molecule has 1 aromatic carbocycles. The number of amides is 1. The zero-order valence-corrected chi connectivity index (χ0v) is 15.6. The van der Waals surface area contributed by atoms with Gasteiger partial charge in [0.15, 0.2) is 0 Å². The molecule has 1 N–H and O–H groups in total. The van der Waals surface area contributed by atoms with Gasteiger partial charge in [0.05, 0.1) is 0 Å². The first kappa shape index (κ1) is 17.3. The van der Waals surface area contributed by atoms with E-state index in [2.05, 4.69) is 16.9 Å². The number of piperidine rings is 1. The Labute approximate surface area is 146 Å². The molecule has 6 heteroatoms. The number of nitrogens with one attached hydrogen (secondary N) is 1. The molecule has 1 fully saturated rings. The van der Waals surface area contributed by atoms with E-state index in [0.717, 1.165) is 31.5 Å². The number of carbonyl (C=O) groups excluding carboxylic acids is 1. The van der Waals surface area contributed by atoms with Crippen LogP contribution in [0.5, 0.6) is 0 Å². The molecule has 1 saturated heterocycles. The third kappa shape index (κ3) is 3.58. The first-order chi connectivity index (χ1) is 11.2. The number of anilines is 1. The maximum atomic E-state index is 12.6. The van der Waals surface area contributed by atoms with E-state index in [1.807, 2.05) is 31.7 Å². The average Bonchev–Trinajstić information content (AvgIpc) is 2.82. The summed E-state index contributed by atoms with van der Waals surface area (Å²) < 4.78 is 19.9. The van der Waals surface area contributed by atoms with Crippen LogP contribution in [0.4, 0.5) is 10.5 Å². The van der Waals surface area contributed by atoms with Crippen molar-refractivity contribution < 1.29 is 13.7 Å². The molecular weight excluding hydrogens is 324 g/mol. The standard InChI is InChI=1S/C18H26N2O3S/c1-18(2,3)23-17(21)20-9-5-6-15-14-8-7-13(19-24(4)22)10-12(14)11-16(15)20/h7-8,10,15-16,19H,5-6,9,11H2,1-4H3. The minimum atomic E-state index is -1.08. The van der Waals surface area contributed by atoms with Crippen LogP contribution >= 0.6 is 0 Å². The van der Waals surface area contributed by atoms with Crippen LogP contribution < -0.4 is 4.72 Å². The first-order valence-corrected chi connectivity index (χ1v) is 10.0. The number of rotatable bonds is 2. The fourth-order valence-corrected chi connectivity index (χ4v) is 4.28. The highest BCUT2D eigenvalue weighted by atomic mass is 32.2. The number of fused-ring (bicyclic) bond motifs is 3. The molecule has 5 nitrogen and oxygen atoms in total. The number of nitrogens with zero attached hydrogens (tertiary/aromatic N) is 1. The van der Waals surface area contributed by atoms with Crippen LogP contribution in [0.25, 0.3) is 0 Å². The summed E-state index contributed by atoms with van der Waals surface area (Å²) >= 11 is 0. The van der Waals surface area contributed by atoms with Crippen LogP contribution in [0.3, 0.4) is 0 Å². The van der Waals surface area contributed by atoms with E-state index in [9.17, 15) is 9.00 Å². The normalized spacial score (nSPS) is 24.1. The van der Waals surface area contributed by atoms with Gasteiger partial charge in [-0.25, -0.2) is 9.00 Å². The third-order valence-corrected chi connectivity index (χ3v) is 5.16. The zero-order chi connectivity index (χ0) is 17.5. The predicted molar refractivity (Wildman–Crippen MR) is 96.5 cm³/mol. The molecule has 0 saturated carbocycles. The third-order valence-electron chi connectivity index (χ3n) is 4.64. The predicted octanol–water partition coefficient (Wildman–Crippen LogP) is 3.43. The van der Waals surface area contributed by atoms with Gasteiger partial charge in [-0.15, -0.1) is 0 Å². The minimum Gasteiger partial charge on any atom is -0.444 e. The Hall–Kier alpha value is -1.56. The Morgan fingerprint density at radius 2 is 2.12 bits per heavy atom. The Balaban J connectivity index is 1.81. The quantitative estimate of drug-likeness (QED) is 0.889. The van der Waals surface area contributed by atoms with Crippen LogP contribution in [0, 0.1) is 0 Å². The molecule has 2 aliphatic rings. The van der Waals surface area contributed by atoms with Gasteiger partial charge in [0, 0.05) is 30.4 Å². The summed E-state index contributed by atoms with van der Waals surface area (Å²) in [5.74, 6) is 0.377. The van der Waals surface area contributed by atoms with Gasteiger partial charge in [0.2, 0.25) is 0 Å². The first-order valence-electron chi connectivity index (χ1n) is 8.47. The van der Waals surface area contributed by atoms with Crippen molar-refractivity contribution in [2.75, 3.05) is 17.5 Å². The molecule has 0 radical (unpaired) electrons. The van der Waals surface area contributed by atoms with Gasteiger partial charge in [0.1, 0.15) is 16.6 Å². The van der Waals surface area contributed by atoms with E-state index in [1.165, 1.54) is 11.1 Å². The largest absolute Gasteiger partial charge is 0.444 e. The van der Waals surface area contributed by atoms with E-state index in [4.69, 9.17) is 4.74 Å². The molecule has 1 aliphatic heterocycles. The fourth-order valence-electron chi connectivity index (χ4n) is 3.82. The van der Waals surface area contributed by atoms with Gasteiger partial charge in [-0.3, -0.25) is 0 Å². The molecule has 3 atom stereocenters. The maximum absolute atomic E-state index is 12.6. The number of carbonyl (C=O) groups is 1. The summed E-state index contributed by atoms with van der Waals surface area (Å²) in [6.07, 6.45) is 4.35. The van der Waals surface area contributed by atoms with Crippen molar-refractivity contribution in [2.24, 2.45) is 0 Å². The number of hydrogen-bond donors (Lipinski definition) is 1. The van der Waals surface area contributed by atoms with Crippen molar-refractivity contribution >= 4 is 22.8 Å². The number of likely N-dealkylation sites (tertiary alicyclic amines) is 1. The second-order valence-corrected chi connectivity index (χ2v) is 8.78. The molecule has 1 aliphatic carbocycles. The summed E-state index contributed by atoms with van der Waals surface area (Å²) in [5, 5.41) is 0. The highest BCUT2D eigenvalue weighted by Crippen LogP contribution is 2.43. The second-order valence-electron chi connectivity index (χ2n) is 7.66. The topological polar surface area (TPSA) is 58.6 Å². The van der Waals surface area contributed by atoms with Crippen LogP contribution in [0.2, 0.25) is 0 Å². The van der Waals surface area contributed by atoms with E-state index >= 15 is 0 Å². The van der Waals surface area contributed by atoms with Crippen molar-refractivity contribution in [3.8, 4) is 0 Å². The summed E-state index contributed by atoms with van der Waals surface area (Å²) in [6, 6.07) is 6.34. The molecule has 0 bridgehead atoms. The molecule has 3 unspecified atom stereocenters. The van der Waals surface area contributed by atoms with Gasteiger partial charge in [-0.1, -0.05) is 6.07 Å². The molecular formula is C18H26N2O3S. The second kappa shape index (κ2) is 6.39. The summed E-state index contributed by atoms with van der Waals surface area (Å²) in [5.41, 5.74) is 2.96. The van der Waals surface area contributed by atoms with E-state index in [1.54, 1.807) is 6.26 Å². The lowest BCUT2D eigenvalue weighted by Crippen LogP contribution is -2.48. The van der Waals surface area contributed by atoms with Crippen molar-refractivity contribution in [3.63, 3.8) is 0 Å². The van der Waals surface area contributed by atoms with Gasteiger partial charge in [-0.05, 0) is 63.3 Å². The molecule has 0 spiro atoms. The van der Waals surface area contributed by atoms with Crippen LogP contribution in [0.15, 0.2) is 18.2 Å². The fraction of sp³-hybridized carbons (Fsp3) is 0.611. The van der Waals surface area contributed by atoms with E-state index < -0.39 is 16.6 Å². The molecule has 24 heavy (non-hydrogen) atoms. The molecule has 0 aromatic heterocycles. The van der Waals surface area contributed by atoms with Gasteiger partial charge < -0.3 is 14.4 Å². The highest BCUT2D eigenvalue weighted by Gasteiger charge is 2.42. The highest BCUT2D eigenvalue weighted by molar-refractivity contribution is 7.85. The zero-order valence-electron chi connectivity index (χ0n) is 14.8. The molecule has 132 valence electrons. The maximum Gasteiger partial charge on any atom is 0.410 e. The van der Waals surface area contributed by atoms with Crippen molar-refractivity contribution in [1.29, 1.82) is 0 Å². The van der Waals surface area contributed by atoms with Crippen molar-refractivity contribution in [3.05, 3.63) is 29.3 Å². The number of benzene rings is 1. The van der Waals surface area contributed by atoms with Crippen LogP contribution in [0.1, 0.15) is 50.7 Å². The molecule has 1 amide bonds. The SMILES string of the molecule is CS(=O)Nc1ccc2c(c1)CC1C2CCCN1C(=O)OC(C)(C)C. The van der Waals surface area contributed by atoms with E-state index in [-0.39, 0.29) is 12.1 Å². The number of hydrogen-bond acceptors (Lipinski definition) is 3. The molecule has 1 heterocycles. The lowest BCUT2D eigenvalue weighted by Gasteiger charge is -2.38. The number of ether oxygens (including phenoxy) is 1. The Bertz CT molecular complexity index is 669. The van der Waals surface area contributed by atoms with E-state index in [0.29, 0.717) is 5.92 Å². The summed E-state index contributed by atoms with van der Waals surface area (Å²) in [7, 11) is -1.08. The van der Waals surface area contributed by atoms with Gasteiger partial charge >= 0.3 is 6.09 Å². The molecule has 3 rings (SSSR count).